The summed E-state index contributed by atoms with van der Waals surface area (Å²) in [6.45, 7) is 6.30. The van der Waals surface area contributed by atoms with Crippen molar-refractivity contribution in [3.63, 3.8) is 0 Å². The smallest absolute Gasteiger partial charge is 0.108 e. The minimum Gasteiger partial charge on any atom is -0.376 e. The van der Waals surface area contributed by atoms with E-state index >= 15 is 0 Å². The number of anilines is 1. The number of nitrogens with zero attached hydrogens (tertiary/aromatic N) is 1. The van der Waals surface area contributed by atoms with Crippen molar-refractivity contribution in [3.05, 3.63) is 29.8 Å². The van der Waals surface area contributed by atoms with E-state index in [1.54, 1.807) is 0 Å². The van der Waals surface area contributed by atoms with E-state index in [-0.39, 0.29) is 6.10 Å². The Labute approximate surface area is 108 Å². The van der Waals surface area contributed by atoms with Gasteiger partial charge in [0.05, 0.1) is 19.8 Å². The quantitative estimate of drug-likeness (QED) is 0.852. The molecule has 0 aromatic heterocycles. The van der Waals surface area contributed by atoms with Crippen molar-refractivity contribution in [1.29, 1.82) is 0 Å². The SMILES string of the molecule is c1ccc(N2CCNCC2)c(C2COCCO2)c1. The molecule has 1 atom stereocenters. The van der Waals surface area contributed by atoms with E-state index in [4.69, 9.17) is 9.47 Å². The summed E-state index contributed by atoms with van der Waals surface area (Å²) in [5, 5.41) is 3.39. The maximum atomic E-state index is 5.83. The van der Waals surface area contributed by atoms with E-state index < -0.39 is 0 Å². The van der Waals surface area contributed by atoms with Gasteiger partial charge in [-0.1, -0.05) is 18.2 Å². The molecule has 2 aliphatic rings. The topological polar surface area (TPSA) is 33.7 Å². The third-order valence-electron chi connectivity index (χ3n) is 3.56. The van der Waals surface area contributed by atoms with Gasteiger partial charge in [-0.25, -0.2) is 0 Å². The highest BCUT2D eigenvalue weighted by Gasteiger charge is 2.22. The second-order valence-electron chi connectivity index (χ2n) is 4.73. The van der Waals surface area contributed by atoms with Gasteiger partial charge in [0, 0.05) is 37.4 Å². The number of benzene rings is 1. The van der Waals surface area contributed by atoms with Gasteiger partial charge in [-0.3, -0.25) is 0 Å². The fraction of sp³-hybridized carbons (Fsp3) is 0.571. The molecule has 2 heterocycles. The lowest BCUT2D eigenvalue weighted by atomic mass is 10.1. The average molecular weight is 248 g/mol. The van der Waals surface area contributed by atoms with Crippen LogP contribution in [-0.2, 0) is 9.47 Å². The van der Waals surface area contributed by atoms with Crippen molar-refractivity contribution in [3.8, 4) is 0 Å². The van der Waals surface area contributed by atoms with Gasteiger partial charge in [0.15, 0.2) is 0 Å². The molecule has 1 aromatic rings. The predicted octanol–water partition coefficient (Wildman–Crippen LogP) is 1.18. The molecule has 4 nitrogen and oxygen atoms in total. The molecule has 0 spiro atoms. The van der Waals surface area contributed by atoms with Crippen LogP contribution in [0.25, 0.3) is 0 Å². The molecule has 1 unspecified atom stereocenters. The average Bonchev–Trinajstić information content (AvgIpc) is 2.49. The van der Waals surface area contributed by atoms with Crippen molar-refractivity contribution in [2.24, 2.45) is 0 Å². The van der Waals surface area contributed by atoms with E-state index in [1.807, 2.05) is 0 Å². The normalized spacial score (nSPS) is 25.1. The Hall–Kier alpha value is -1.10. The molecule has 3 rings (SSSR count). The van der Waals surface area contributed by atoms with Gasteiger partial charge in [-0.05, 0) is 6.07 Å². The van der Waals surface area contributed by atoms with Crippen LogP contribution in [0.2, 0.25) is 0 Å². The maximum Gasteiger partial charge on any atom is 0.108 e. The highest BCUT2D eigenvalue weighted by molar-refractivity contribution is 5.55. The second kappa shape index (κ2) is 5.69. The Morgan fingerprint density at radius 3 is 2.72 bits per heavy atom. The maximum absolute atomic E-state index is 5.83. The van der Waals surface area contributed by atoms with Crippen LogP contribution >= 0.6 is 0 Å². The highest BCUT2D eigenvalue weighted by Crippen LogP contribution is 2.30. The lowest BCUT2D eigenvalue weighted by Crippen LogP contribution is -2.44. The summed E-state index contributed by atoms with van der Waals surface area (Å²) in [6.07, 6.45) is 0.0878. The van der Waals surface area contributed by atoms with Crippen molar-refractivity contribution in [1.82, 2.24) is 5.32 Å². The lowest BCUT2D eigenvalue weighted by Gasteiger charge is -2.33. The number of nitrogens with one attached hydrogen (secondary N) is 1. The van der Waals surface area contributed by atoms with Crippen LogP contribution in [0, 0.1) is 0 Å². The summed E-state index contributed by atoms with van der Waals surface area (Å²) in [5.74, 6) is 0. The second-order valence-corrected chi connectivity index (χ2v) is 4.73. The van der Waals surface area contributed by atoms with Crippen molar-refractivity contribution in [2.75, 3.05) is 50.9 Å². The predicted molar refractivity (Wildman–Crippen MR) is 71.0 cm³/mol. The molecule has 2 saturated heterocycles. The zero-order chi connectivity index (χ0) is 12.2. The third kappa shape index (κ3) is 2.51. The molecular formula is C14H20N2O2. The van der Waals surface area contributed by atoms with Gasteiger partial charge in [0.1, 0.15) is 6.10 Å². The Morgan fingerprint density at radius 1 is 1.11 bits per heavy atom. The van der Waals surface area contributed by atoms with Crippen LogP contribution in [0.4, 0.5) is 5.69 Å². The molecule has 1 aromatic carbocycles. The van der Waals surface area contributed by atoms with Gasteiger partial charge in [-0.2, -0.15) is 0 Å². The molecule has 0 aliphatic carbocycles. The molecule has 4 heteroatoms. The first-order valence-electron chi connectivity index (χ1n) is 6.69. The Bertz CT molecular complexity index is 348. The number of hydrogen-bond acceptors (Lipinski definition) is 4. The van der Waals surface area contributed by atoms with Gasteiger partial charge in [0.25, 0.3) is 0 Å². The summed E-state index contributed by atoms with van der Waals surface area (Å²) in [4.78, 5) is 2.43. The highest BCUT2D eigenvalue weighted by atomic mass is 16.6. The van der Waals surface area contributed by atoms with Gasteiger partial charge < -0.3 is 19.7 Å². The Kier molecular flexibility index (Phi) is 3.78. The van der Waals surface area contributed by atoms with Crippen LogP contribution in [0.1, 0.15) is 11.7 Å². The Morgan fingerprint density at radius 2 is 1.94 bits per heavy atom. The molecule has 1 N–H and O–H groups in total. The van der Waals surface area contributed by atoms with E-state index in [1.165, 1.54) is 11.3 Å². The van der Waals surface area contributed by atoms with Gasteiger partial charge in [0.2, 0.25) is 0 Å². The van der Waals surface area contributed by atoms with Gasteiger partial charge >= 0.3 is 0 Å². The number of piperazine rings is 1. The summed E-state index contributed by atoms with van der Waals surface area (Å²) in [7, 11) is 0. The van der Waals surface area contributed by atoms with Crippen LogP contribution in [0.15, 0.2) is 24.3 Å². The fourth-order valence-corrected chi connectivity index (χ4v) is 2.62. The molecular weight excluding hydrogens is 228 g/mol. The molecule has 2 aliphatic heterocycles. The first kappa shape index (κ1) is 12.0. The molecule has 0 saturated carbocycles. The van der Waals surface area contributed by atoms with E-state index in [9.17, 15) is 0 Å². The Balaban J connectivity index is 1.83. The first-order valence-corrected chi connectivity index (χ1v) is 6.69. The molecule has 0 amide bonds. The summed E-state index contributed by atoms with van der Waals surface area (Å²) < 4.78 is 11.4. The van der Waals surface area contributed by atoms with Crippen molar-refractivity contribution >= 4 is 5.69 Å². The van der Waals surface area contributed by atoms with Crippen molar-refractivity contribution in [2.45, 2.75) is 6.10 Å². The zero-order valence-electron chi connectivity index (χ0n) is 10.6. The van der Waals surface area contributed by atoms with E-state index in [0.717, 1.165) is 26.2 Å². The number of ether oxygens (including phenoxy) is 2. The number of rotatable bonds is 2. The minimum atomic E-state index is 0.0878. The molecule has 0 bridgehead atoms. The van der Waals surface area contributed by atoms with Crippen molar-refractivity contribution < 1.29 is 9.47 Å². The van der Waals surface area contributed by atoms with E-state index in [2.05, 4.69) is 34.5 Å². The van der Waals surface area contributed by atoms with E-state index in [0.29, 0.717) is 19.8 Å². The van der Waals surface area contributed by atoms with Crippen LogP contribution in [0.5, 0.6) is 0 Å². The summed E-state index contributed by atoms with van der Waals surface area (Å²) in [6, 6.07) is 8.54. The fourth-order valence-electron chi connectivity index (χ4n) is 2.62. The minimum absolute atomic E-state index is 0.0878. The molecule has 18 heavy (non-hydrogen) atoms. The third-order valence-corrected chi connectivity index (χ3v) is 3.56. The largest absolute Gasteiger partial charge is 0.376 e. The number of para-hydroxylation sites is 1. The zero-order valence-corrected chi connectivity index (χ0v) is 10.6. The van der Waals surface area contributed by atoms with Crippen LogP contribution in [-0.4, -0.2) is 46.0 Å². The standard InChI is InChI=1S/C14H20N2O2/c1-2-4-13(16-7-5-15-6-8-16)12(3-1)14-11-17-9-10-18-14/h1-4,14-15H,5-11H2. The molecule has 2 fully saturated rings. The monoisotopic (exact) mass is 248 g/mol. The summed E-state index contributed by atoms with van der Waals surface area (Å²) in [5.41, 5.74) is 2.56. The van der Waals surface area contributed by atoms with Crippen LogP contribution in [0.3, 0.4) is 0 Å². The molecule has 98 valence electrons. The lowest BCUT2D eigenvalue weighted by molar-refractivity contribution is -0.0899. The van der Waals surface area contributed by atoms with Gasteiger partial charge in [-0.15, -0.1) is 0 Å². The first-order chi connectivity index (χ1) is 8.95. The molecule has 0 radical (unpaired) electrons. The number of hydrogen-bond donors (Lipinski definition) is 1. The van der Waals surface area contributed by atoms with Crippen LogP contribution < -0.4 is 10.2 Å². The summed E-state index contributed by atoms with van der Waals surface area (Å²) >= 11 is 0.